The monoisotopic (exact) mass is 543 g/mol. The second-order valence-corrected chi connectivity index (χ2v) is 11.3. The lowest BCUT2D eigenvalue weighted by Crippen LogP contribution is -2.23. The van der Waals surface area contributed by atoms with E-state index in [4.69, 9.17) is 9.47 Å². The molecular formula is C36H47O4. The van der Waals surface area contributed by atoms with Crippen molar-refractivity contribution in [2.45, 2.75) is 100 Å². The van der Waals surface area contributed by atoms with Gasteiger partial charge in [0.1, 0.15) is 17.1 Å². The summed E-state index contributed by atoms with van der Waals surface area (Å²) in [6, 6.07) is 8.15. The minimum absolute atomic E-state index is 0.0792. The van der Waals surface area contributed by atoms with Gasteiger partial charge in [0.25, 0.3) is 0 Å². The van der Waals surface area contributed by atoms with Crippen LogP contribution < -0.4 is 0 Å². The number of ether oxygens (including phenoxy) is 2. The van der Waals surface area contributed by atoms with E-state index in [0.29, 0.717) is 53.4 Å². The number of ketones is 2. The highest BCUT2D eigenvalue weighted by atomic mass is 16.5. The molecule has 4 heteroatoms. The maximum absolute atomic E-state index is 14.5. The molecule has 3 rings (SSSR count). The van der Waals surface area contributed by atoms with E-state index in [1.807, 2.05) is 72.2 Å². The van der Waals surface area contributed by atoms with Crippen molar-refractivity contribution in [2.24, 2.45) is 0 Å². The number of hydrogen-bond acceptors (Lipinski definition) is 4. The molecule has 0 atom stereocenters. The fourth-order valence-corrected chi connectivity index (χ4v) is 5.77. The zero-order chi connectivity index (χ0) is 29.4. The molecule has 0 saturated carbocycles. The average molecular weight is 544 g/mol. The number of unbranched alkanes of at least 4 members (excludes halogenated alkanes) is 4. The van der Waals surface area contributed by atoms with Gasteiger partial charge in [0.2, 0.25) is 5.78 Å². The van der Waals surface area contributed by atoms with Crippen LogP contribution in [0.15, 0.2) is 46.9 Å². The van der Waals surface area contributed by atoms with Crippen LogP contribution >= 0.6 is 0 Å². The summed E-state index contributed by atoms with van der Waals surface area (Å²) in [6.45, 7) is 17.2. The van der Waals surface area contributed by atoms with Crippen LogP contribution in [0.25, 0.3) is 0 Å². The van der Waals surface area contributed by atoms with Crippen molar-refractivity contribution in [3.8, 4) is 0 Å². The van der Waals surface area contributed by atoms with Gasteiger partial charge < -0.3 is 9.47 Å². The van der Waals surface area contributed by atoms with E-state index in [2.05, 4.69) is 13.8 Å². The molecule has 40 heavy (non-hydrogen) atoms. The lowest BCUT2D eigenvalue weighted by Gasteiger charge is -2.27. The van der Waals surface area contributed by atoms with E-state index < -0.39 is 0 Å². The number of Topliss-reactive ketones (excluding diaryl/α,β-unsaturated/α-hetero) is 2. The summed E-state index contributed by atoms with van der Waals surface area (Å²) in [4.78, 5) is 28.7. The number of hydrogen-bond donors (Lipinski definition) is 0. The Hall–Kier alpha value is -3.14. The van der Waals surface area contributed by atoms with E-state index in [1.165, 1.54) is 0 Å². The van der Waals surface area contributed by atoms with Gasteiger partial charge in [-0.3, -0.25) is 9.59 Å². The van der Waals surface area contributed by atoms with Crippen molar-refractivity contribution in [2.75, 3.05) is 13.2 Å². The molecule has 215 valence electrons. The smallest absolute Gasteiger partial charge is 0.200 e. The Kier molecular flexibility index (Phi) is 11.4. The largest absolute Gasteiger partial charge is 0.497 e. The molecule has 0 heterocycles. The van der Waals surface area contributed by atoms with E-state index >= 15 is 0 Å². The van der Waals surface area contributed by atoms with Gasteiger partial charge in [-0.2, -0.15) is 0 Å². The van der Waals surface area contributed by atoms with E-state index in [0.717, 1.165) is 71.9 Å². The third kappa shape index (κ3) is 7.33. The molecule has 0 aliphatic heterocycles. The van der Waals surface area contributed by atoms with Gasteiger partial charge in [-0.25, -0.2) is 0 Å². The molecule has 0 bridgehead atoms. The average Bonchev–Trinajstić information content (AvgIpc) is 2.87. The molecule has 0 aromatic heterocycles. The number of carbonyl (C=O) groups is 2. The van der Waals surface area contributed by atoms with Crippen molar-refractivity contribution >= 4 is 11.6 Å². The summed E-state index contributed by atoms with van der Waals surface area (Å²) < 4.78 is 12.7. The number of aryl methyl sites for hydroxylation is 6. The number of allylic oxidation sites excluding steroid dienone is 3. The highest BCUT2D eigenvalue weighted by Crippen LogP contribution is 2.37. The highest BCUT2D eigenvalue weighted by molar-refractivity contribution is 6.17. The lowest BCUT2D eigenvalue weighted by molar-refractivity contribution is 0.0985. The molecule has 0 N–H and O–H groups in total. The quantitative estimate of drug-likeness (QED) is 0.176. The second-order valence-electron chi connectivity index (χ2n) is 11.3. The Morgan fingerprint density at radius 1 is 0.650 bits per heavy atom. The first-order valence-electron chi connectivity index (χ1n) is 14.9. The van der Waals surface area contributed by atoms with Crippen molar-refractivity contribution in [1.82, 2.24) is 0 Å². The summed E-state index contributed by atoms with van der Waals surface area (Å²) in [5.41, 5.74) is 8.16. The van der Waals surface area contributed by atoms with Crippen molar-refractivity contribution in [3.63, 3.8) is 0 Å². The number of carbonyl (C=O) groups excluding carboxylic acids is 2. The van der Waals surface area contributed by atoms with Gasteiger partial charge in [-0.1, -0.05) is 74.9 Å². The maximum Gasteiger partial charge on any atom is 0.200 e. The minimum atomic E-state index is -0.149. The van der Waals surface area contributed by atoms with E-state index in [-0.39, 0.29) is 11.6 Å². The summed E-state index contributed by atoms with van der Waals surface area (Å²) in [5.74, 6) is 0.687. The first-order valence-corrected chi connectivity index (χ1v) is 14.9. The van der Waals surface area contributed by atoms with Crippen LogP contribution in [0.4, 0.5) is 0 Å². The zero-order valence-corrected chi connectivity index (χ0v) is 25.9. The molecule has 0 unspecified atom stereocenters. The molecule has 1 radical (unpaired) electrons. The Bertz CT molecular complexity index is 1260. The summed E-state index contributed by atoms with van der Waals surface area (Å²) in [6.07, 6.45) is 8.23. The number of benzene rings is 2. The van der Waals surface area contributed by atoms with Crippen LogP contribution in [-0.2, 0) is 9.47 Å². The standard InChI is InChI=1S/C36H47O4/c1-9-11-13-17-39-30-16-15-29(34(37)31-25(5)19-23(3)20-26(31)6)36(40-18-14-12-10-2)33(30)35(38)32-27(7)21-24(4)22-28(32)8/h16,19-22H,9-15,17-18H2,1-8H3. The van der Waals surface area contributed by atoms with Crippen molar-refractivity contribution in [3.05, 3.63) is 97.9 Å². The molecule has 0 saturated heterocycles. The Morgan fingerprint density at radius 3 is 1.57 bits per heavy atom. The van der Waals surface area contributed by atoms with Gasteiger partial charge in [0.05, 0.1) is 13.2 Å². The molecule has 2 aromatic rings. The molecule has 0 spiro atoms. The van der Waals surface area contributed by atoms with Crippen LogP contribution in [0.3, 0.4) is 0 Å². The molecule has 0 fully saturated rings. The molecule has 1 aliphatic carbocycles. The van der Waals surface area contributed by atoms with Gasteiger partial charge in [0.15, 0.2) is 5.78 Å². The normalized spacial score (nSPS) is 13.6. The first-order chi connectivity index (χ1) is 19.1. The molecule has 1 aliphatic rings. The maximum atomic E-state index is 14.5. The number of rotatable bonds is 14. The van der Waals surface area contributed by atoms with Crippen LogP contribution in [0.1, 0.15) is 113 Å². The zero-order valence-electron chi connectivity index (χ0n) is 25.9. The third-order valence-corrected chi connectivity index (χ3v) is 7.55. The van der Waals surface area contributed by atoms with Crippen molar-refractivity contribution in [1.29, 1.82) is 0 Å². The Balaban J connectivity index is 2.22. The summed E-state index contributed by atoms with van der Waals surface area (Å²) in [7, 11) is 0. The highest BCUT2D eigenvalue weighted by Gasteiger charge is 2.35. The van der Waals surface area contributed by atoms with E-state index in [1.54, 1.807) is 0 Å². The summed E-state index contributed by atoms with van der Waals surface area (Å²) >= 11 is 0. The van der Waals surface area contributed by atoms with Crippen molar-refractivity contribution < 1.29 is 19.1 Å². The van der Waals surface area contributed by atoms with Crippen LogP contribution in [0, 0.1) is 48.0 Å². The fourth-order valence-electron chi connectivity index (χ4n) is 5.77. The van der Waals surface area contributed by atoms with Crippen LogP contribution in [0.5, 0.6) is 0 Å². The minimum Gasteiger partial charge on any atom is -0.497 e. The van der Waals surface area contributed by atoms with Gasteiger partial charge in [0, 0.05) is 23.1 Å². The molecule has 2 aromatic carbocycles. The Morgan fingerprint density at radius 2 is 1.10 bits per heavy atom. The SMILES string of the molecule is CCCCCOC1=C(C(=O)c2c(C)cc(C)cc2C)C(OCCCCC)=C(C(=O)c2c(C)cc(C)cc2C)C[CH]1. The predicted octanol–water partition coefficient (Wildman–Crippen LogP) is 9.13. The summed E-state index contributed by atoms with van der Waals surface area (Å²) in [5, 5.41) is 0. The first kappa shape index (κ1) is 31.4. The van der Waals surface area contributed by atoms with Gasteiger partial charge >= 0.3 is 0 Å². The van der Waals surface area contributed by atoms with E-state index in [9.17, 15) is 9.59 Å². The molecule has 0 amide bonds. The van der Waals surface area contributed by atoms with Gasteiger partial charge in [-0.15, -0.1) is 0 Å². The molecule has 4 nitrogen and oxygen atoms in total. The van der Waals surface area contributed by atoms with Crippen LogP contribution in [0.2, 0.25) is 0 Å². The Labute approximate surface area is 241 Å². The topological polar surface area (TPSA) is 52.6 Å². The molecular weight excluding hydrogens is 496 g/mol. The lowest BCUT2D eigenvalue weighted by atomic mass is 9.83. The van der Waals surface area contributed by atoms with Crippen LogP contribution in [-0.4, -0.2) is 24.8 Å². The fraction of sp³-hybridized carbons (Fsp3) is 0.472. The third-order valence-electron chi connectivity index (χ3n) is 7.55. The second kappa shape index (κ2) is 14.5. The predicted molar refractivity (Wildman–Crippen MR) is 164 cm³/mol. The van der Waals surface area contributed by atoms with Gasteiger partial charge in [-0.05, 0) is 83.1 Å².